The van der Waals surface area contributed by atoms with Crippen molar-refractivity contribution in [3.8, 4) is 0 Å². The summed E-state index contributed by atoms with van der Waals surface area (Å²) in [5.74, 6) is 0.886. The standard InChI is InChI=1S/C14H17BrClN3O/c1-9(16)12-18-11-7-10(15)8-17-13(11)19(12)14(2)3-5-20-6-4-14/h7-9H,3-6H2,1-2H3. The van der Waals surface area contributed by atoms with Gasteiger partial charge in [-0.05, 0) is 48.7 Å². The van der Waals surface area contributed by atoms with Crippen molar-refractivity contribution in [2.75, 3.05) is 13.2 Å². The van der Waals surface area contributed by atoms with Crippen LogP contribution in [-0.4, -0.2) is 27.7 Å². The van der Waals surface area contributed by atoms with E-state index < -0.39 is 0 Å². The van der Waals surface area contributed by atoms with Gasteiger partial charge in [-0.3, -0.25) is 0 Å². The maximum absolute atomic E-state index is 6.35. The van der Waals surface area contributed by atoms with E-state index in [1.54, 1.807) is 0 Å². The van der Waals surface area contributed by atoms with Gasteiger partial charge in [0.2, 0.25) is 0 Å². The fraction of sp³-hybridized carbons (Fsp3) is 0.571. The first-order valence-electron chi connectivity index (χ1n) is 6.77. The summed E-state index contributed by atoms with van der Waals surface area (Å²) in [6.07, 6.45) is 3.71. The van der Waals surface area contributed by atoms with E-state index in [0.717, 1.165) is 47.5 Å². The van der Waals surface area contributed by atoms with Crippen LogP contribution in [0, 0.1) is 0 Å². The first-order chi connectivity index (χ1) is 9.51. The Morgan fingerprint density at radius 2 is 2.15 bits per heavy atom. The average molecular weight is 359 g/mol. The summed E-state index contributed by atoms with van der Waals surface area (Å²) >= 11 is 9.79. The quantitative estimate of drug-likeness (QED) is 0.761. The predicted octanol–water partition coefficient (Wildman–Crippen LogP) is 4.02. The number of imidazole rings is 1. The highest BCUT2D eigenvalue weighted by atomic mass is 79.9. The van der Waals surface area contributed by atoms with Crippen LogP contribution in [0.25, 0.3) is 11.2 Å². The highest BCUT2D eigenvalue weighted by Gasteiger charge is 2.34. The minimum Gasteiger partial charge on any atom is -0.381 e. The molecule has 1 aliphatic heterocycles. The molecule has 2 aromatic heterocycles. The van der Waals surface area contributed by atoms with Crippen LogP contribution in [0.2, 0.25) is 0 Å². The van der Waals surface area contributed by atoms with Crippen molar-refractivity contribution in [3.05, 3.63) is 22.6 Å². The number of fused-ring (bicyclic) bond motifs is 1. The van der Waals surface area contributed by atoms with Gasteiger partial charge in [0.05, 0.1) is 5.38 Å². The van der Waals surface area contributed by atoms with Gasteiger partial charge in [0.15, 0.2) is 5.65 Å². The normalized spacial score (nSPS) is 20.2. The van der Waals surface area contributed by atoms with Crippen molar-refractivity contribution in [2.45, 2.75) is 37.6 Å². The van der Waals surface area contributed by atoms with E-state index >= 15 is 0 Å². The molecule has 1 unspecified atom stereocenters. The molecule has 0 spiro atoms. The zero-order chi connectivity index (χ0) is 14.3. The van der Waals surface area contributed by atoms with Crippen molar-refractivity contribution >= 4 is 38.7 Å². The summed E-state index contributed by atoms with van der Waals surface area (Å²) < 4.78 is 8.65. The summed E-state index contributed by atoms with van der Waals surface area (Å²) in [6, 6.07) is 1.99. The number of aromatic nitrogens is 3. The summed E-state index contributed by atoms with van der Waals surface area (Å²) in [4.78, 5) is 9.25. The number of hydrogen-bond acceptors (Lipinski definition) is 3. The third-order valence-corrected chi connectivity index (χ3v) is 4.58. The molecule has 0 amide bonds. The Balaban J connectivity index is 2.23. The molecule has 1 atom stereocenters. The first kappa shape index (κ1) is 14.3. The van der Waals surface area contributed by atoms with Crippen molar-refractivity contribution in [2.24, 2.45) is 0 Å². The minimum atomic E-state index is -0.150. The number of rotatable bonds is 2. The molecule has 0 aromatic carbocycles. The highest BCUT2D eigenvalue weighted by Crippen LogP contribution is 2.36. The lowest BCUT2D eigenvalue weighted by Gasteiger charge is -2.36. The van der Waals surface area contributed by atoms with E-state index in [2.05, 4.69) is 32.4 Å². The van der Waals surface area contributed by atoms with E-state index in [0.29, 0.717) is 0 Å². The molecule has 0 saturated carbocycles. The van der Waals surface area contributed by atoms with Crippen LogP contribution in [0.1, 0.15) is 37.9 Å². The van der Waals surface area contributed by atoms with Crippen LogP contribution in [0.4, 0.5) is 0 Å². The minimum absolute atomic E-state index is 0.0354. The molecule has 108 valence electrons. The van der Waals surface area contributed by atoms with Crippen molar-refractivity contribution in [3.63, 3.8) is 0 Å². The number of halogens is 2. The third kappa shape index (κ3) is 2.36. The maximum Gasteiger partial charge on any atom is 0.160 e. The molecule has 1 aliphatic rings. The Morgan fingerprint density at radius 1 is 1.45 bits per heavy atom. The third-order valence-electron chi connectivity index (χ3n) is 3.96. The lowest BCUT2D eigenvalue weighted by Crippen LogP contribution is -2.38. The summed E-state index contributed by atoms with van der Waals surface area (Å²) in [6.45, 7) is 5.73. The lowest BCUT2D eigenvalue weighted by atomic mass is 9.92. The van der Waals surface area contributed by atoms with Gasteiger partial charge in [0, 0.05) is 29.4 Å². The summed E-state index contributed by atoms with van der Waals surface area (Å²) in [7, 11) is 0. The fourth-order valence-electron chi connectivity index (χ4n) is 2.79. The molecule has 3 rings (SSSR count). The first-order valence-corrected chi connectivity index (χ1v) is 8.00. The van der Waals surface area contributed by atoms with Gasteiger partial charge in [-0.2, -0.15) is 0 Å². The second-order valence-corrected chi connectivity index (χ2v) is 7.10. The van der Waals surface area contributed by atoms with Crippen molar-refractivity contribution < 1.29 is 4.74 Å². The van der Waals surface area contributed by atoms with Crippen molar-refractivity contribution in [1.82, 2.24) is 14.5 Å². The summed E-state index contributed by atoms with van der Waals surface area (Å²) in [5, 5.41) is -0.150. The largest absolute Gasteiger partial charge is 0.381 e. The average Bonchev–Trinajstić information content (AvgIpc) is 2.79. The molecule has 0 bridgehead atoms. The smallest absolute Gasteiger partial charge is 0.160 e. The highest BCUT2D eigenvalue weighted by molar-refractivity contribution is 9.10. The van der Waals surface area contributed by atoms with Crippen LogP contribution in [0.5, 0.6) is 0 Å². The lowest BCUT2D eigenvalue weighted by molar-refractivity contribution is 0.0298. The zero-order valence-corrected chi connectivity index (χ0v) is 13.9. The van der Waals surface area contributed by atoms with Gasteiger partial charge < -0.3 is 9.30 Å². The fourth-order valence-corrected chi connectivity index (χ4v) is 3.26. The Kier molecular flexibility index (Phi) is 3.77. The molecular formula is C14H17BrClN3O. The number of nitrogens with zero attached hydrogens (tertiary/aromatic N) is 3. The van der Waals surface area contributed by atoms with Gasteiger partial charge in [0.1, 0.15) is 11.3 Å². The van der Waals surface area contributed by atoms with Crippen LogP contribution >= 0.6 is 27.5 Å². The summed E-state index contributed by atoms with van der Waals surface area (Å²) in [5.41, 5.74) is 1.75. The monoisotopic (exact) mass is 357 g/mol. The SMILES string of the molecule is CC(Cl)c1nc2cc(Br)cnc2n1C1(C)CCOCC1. The van der Waals surface area contributed by atoms with Gasteiger partial charge in [-0.15, -0.1) is 11.6 Å². The van der Waals surface area contributed by atoms with Gasteiger partial charge in [0.25, 0.3) is 0 Å². The zero-order valence-electron chi connectivity index (χ0n) is 11.6. The molecule has 0 N–H and O–H groups in total. The number of hydrogen-bond donors (Lipinski definition) is 0. The molecule has 1 saturated heterocycles. The van der Waals surface area contributed by atoms with E-state index in [-0.39, 0.29) is 10.9 Å². The van der Waals surface area contributed by atoms with Crippen LogP contribution in [-0.2, 0) is 10.3 Å². The molecular weight excluding hydrogens is 342 g/mol. The molecule has 2 aromatic rings. The number of alkyl halides is 1. The second kappa shape index (κ2) is 5.28. The molecule has 0 radical (unpaired) electrons. The van der Waals surface area contributed by atoms with Gasteiger partial charge >= 0.3 is 0 Å². The number of ether oxygens (including phenoxy) is 1. The van der Waals surface area contributed by atoms with Gasteiger partial charge in [-0.25, -0.2) is 9.97 Å². The molecule has 1 fully saturated rings. The molecule has 3 heterocycles. The molecule has 20 heavy (non-hydrogen) atoms. The number of pyridine rings is 1. The van der Waals surface area contributed by atoms with E-state index in [1.165, 1.54) is 0 Å². The topological polar surface area (TPSA) is 39.9 Å². The maximum atomic E-state index is 6.35. The van der Waals surface area contributed by atoms with Crippen LogP contribution in [0.3, 0.4) is 0 Å². The van der Waals surface area contributed by atoms with Crippen molar-refractivity contribution in [1.29, 1.82) is 0 Å². The second-order valence-electron chi connectivity index (χ2n) is 5.53. The van der Waals surface area contributed by atoms with E-state index in [4.69, 9.17) is 21.3 Å². The molecule has 0 aliphatic carbocycles. The Bertz CT molecular complexity index is 635. The van der Waals surface area contributed by atoms with E-state index in [9.17, 15) is 0 Å². The Hall–Kier alpha value is -0.650. The van der Waals surface area contributed by atoms with Crippen LogP contribution < -0.4 is 0 Å². The predicted molar refractivity (Wildman–Crippen MR) is 83.2 cm³/mol. The molecule has 4 nitrogen and oxygen atoms in total. The Labute approximate surface area is 131 Å². The Morgan fingerprint density at radius 3 is 2.80 bits per heavy atom. The van der Waals surface area contributed by atoms with E-state index in [1.807, 2.05) is 19.2 Å². The van der Waals surface area contributed by atoms with Crippen LogP contribution in [0.15, 0.2) is 16.7 Å². The molecule has 6 heteroatoms. The van der Waals surface area contributed by atoms with Gasteiger partial charge in [-0.1, -0.05) is 0 Å².